The predicted molar refractivity (Wildman–Crippen MR) is 119 cm³/mol. The highest BCUT2D eigenvalue weighted by molar-refractivity contribution is 7.99. The Bertz CT molecular complexity index is 1150. The molecule has 0 aliphatic rings. The van der Waals surface area contributed by atoms with Gasteiger partial charge in [-0.15, -0.1) is 21.5 Å². The van der Waals surface area contributed by atoms with Crippen molar-refractivity contribution in [2.24, 2.45) is 0 Å². The Morgan fingerprint density at radius 2 is 1.77 bits per heavy atom. The summed E-state index contributed by atoms with van der Waals surface area (Å²) in [5, 5.41) is 11.0. The maximum absolute atomic E-state index is 12.2. The molecule has 10 heteroatoms. The second kappa shape index (κ2) is 10.0. The van der Waals surface area contributed by atoms with Gasteiger partial charge in [0, 0.05) is 18.0 Å². The largest absolute Gasteiger partial charge is 0.298 e. The van der Waals surface area contributed by atoms with Gasteiger partial charge >= 0.3 is 0 Å². The molecule has 8 nitrogen and oxygen atoms in total. The van der Waals surface area contributed by atoms with E-state index in [1.165, 1.54) is 23.1 Å². The Labute approximate surface area is 186 Å². The molecule has 0 aliphatic heterocycles. The predicted octanol–water partition coefficient (Wildman–Crippen LogP) is 3.00. The Kier molecular flexibility index (Phi) is 6.70. The molecule has 0 aliphatic carbocycles. The molecule has 0 unspecified atom stereocenters. The molecule has 0 saturated carbocycles. The Morgan fingerprint density at radius 1 is 0.968 bits per heavy atom. The normalized spacial score (nSPS) is 10.6. The van der Waals surface area contributed by atoms with Crippen LogP contribution in [0, 0.1) is 0 Å². The molecular formula is C21H18N6O2S2. The van der Waals surface area contributed by atoms with Crippen molar-refractivity contribution < 1.29 is 9.59 Å². The molecule has 0 radical (unpaired) electrons. The summed E-state index contributed by atoms with van der Waals surface area (Å²) in [4.78, 5) is 28.8. The summed E-state index contributed by atoms with van der Waals surface area (Å²) in [5.74, 6) is 0.0870. The van der Waals surface area contributed by atoms with Gasteiger partial charge in [-0.25, -0.2) is 0 Å². The second-order valence-corrected chi connectivity index (χ2v) is 8.27. The highest BCUT2D eigenvalue weighted by Crippen LogP contribution is 2.24. The molecule has 0 bridgehead atoms. The Hall–Kier alpha value is -3.50. The number of aromatic nitrogens is 4. The van der Waals surface area contributed by atoms with Crippen LogP contribution in [0.15, 0.2) is 77.5 Å². The zero-order valence-corrected chi connectivity index (χ0v) is 17.9. The fraction of sp³-hybridized carbons (Fsp3) is 0.0952. The van der Waals surface area contributed by atoms with Crippen molar-refractivity contribution >= 4 is 34.9 Å². The topological polar surface area (TPSA) is 102 Å². The maximum atomic E-state index is 12.2. The van der Waals surface area contributed by atoms with Crippen molar-refractivity contribution in [2.45, 2.75) is 11.7 Å². The first kappa shape index (κ1) is 20.8. The van der Waals surface area contributed by atoms with E-state index in [1.54, 1.807) is 29.9 Å². The quantitative estimate of drug-likeness (QED) is 0.332. The summed E-state index contributed by atoms with van der Waals surface area (Å²) in [6, 6.07) is 17.2. The summed E-state index contributed by atoms with van der Waals surface area (Å²) in [6.45, 7) is 0.560. The van der Waals surface area contributed by atoms with E-state index < -0.39 is 0 Å². The van der Waals surface area contributed by atoms with Crippen molar-refractivity contribution in [2.75, 3.05) is 5.75 Å². The highest BCUT2D eigenvalue weighted by atomic mass is 32.2. The fourth-order valence-electron chi connectivity index (χ4n) is 2.78. The summed E-state index contributed by atoms with van der Waals surface area (Å²) >= 11 is 2.55. The van der Waals surface area contributed by atoms with Crippen molar-refractivity contribution in [3.8, 4) is 11.4 Å². The fourth-order valence-corrected chi connectivity index (χ4v) is 4.14. The minimum Gasteiger partial charge on any atom is -0.298 e. The van der Waals surface area contributed by atoms with E-state index in [0.29, 0.717) is 22.4 Å². The van der Waals surface area contributed by atoms with Crippen LogP contribution in [0.1, 0.15) is 15.2 Å². The number of pyridine rings is 1. The number of carbonyl (C=O) groups excluding carboxylic acids is 2. The highest BCUT2D eigenvalue weighted by Gasteiger charge is 2.16. The van der Waals surface area contributed by atoms with Crippen LogP contribution in [-0.4, -0.2) is 37.3 Å². The van der Waals surface area contributed by atoms with Crippen LogP contribution in [0.25, 0.3) is 11.4 Å². The van der Waals surface area contributed by atoms with Gasteiger partial charge in [-0.3, -0.25) is 30.0 Å². The van der Waals surface area contributed by atoms with Gasteiger partial charge in [0.25, 0.3) is 5.91 Å². The lowest BCUT2D eigenvalue weighted by atomic mass is 10.2. The molecule has 0 spiro atoms. The molecule has 0 atom stereocenters. The number of hydrazine groups is 1. The number of thioether (sulfide) groups is 1. The molecule has 31 heavy (non-hydrogen) atoms. The number of benzene rings is 1. The SMILES string of the molecule is O=C(CSc1nnc(-c2ccncc2)n1Cc1ccccc1)NNC(=O)c1cccs1. The molecule has 4 aromatic rings. The van der Waals surface area contributed by atoms with E-state index >= 15 is 0 Å². The Morgan fingerprint density at radius 3 is 2.52 bits per heavy atom. The first-order valence-electron chi connectivity index (χ1n) is 9.34. The van der Waals surface area contributed by atoms with Crippen molar-refractivity contribution in [3.63, 3.8) is 0 Å². The van der Waals surface area contributed by atoms with Crippen LogP contribution in [0.2, 0.25) is 0 Å². The average molecular weight is 451 g/mol. The van der Waals surface area contributed by atoms with E-state index in [9.17, 15) is 9.59 Å². The van der Waals surface area contributed by atoms with E-state index in [4.69, 9.17) is 0 Å². The van der Waals surface area contributed by atoms with Gasteiger partial charge in [0.15, 0.2) is 11.0 Å². The number of rotatable bonds is 7. The van der Waals surface area contributed by atoms with Gasteiger partial charge in [0.05, 0.1) is 17.2 Å². The number of hydrogen-bond donors (Lipinski definition) is 2. The van der Waals surface area contributed by atoms with Crippen LogP contribution in [0.3, 0.4) is 0 Å². The van der Waals surface area contributed by atoms with Gasteiger partial charge in [-0.05, 0) is 29.1 Å². The molecule has 3 heterocycles. The smallest absolute Gasteiger partial charge is 0.279 e. The molecule has 2 N–H and O–H groups in total. The summed E-state index contributed by atoms with van der Waals surface area (Å²) < 4.78 is 1.97. The van der Waals surface area contributed by atoms with Crippen LogP contribution in [0.4, 0.5) is 0 Å². The van der Waals surface area contributed by atoms with Gasteiger partial charge in [-0.2, -0.15) is 0 Å². The van der Waals surface area contributed by atoms with Gasteiger partial charge in [0.2, 0.25) is 5.91 Å². The number of nitrogens with one attached hydrogen (secondary N) is 2. The average Bonchev–Trinajstić information content (AvgIpc) is 3.48. The van der Waals surface area contributed by atoms with Crippen LogP contribution in [0.5, 0.6) is 0 Å². The molecule has 3 aromatic heterocycles. The molecule has 156 valence electrons. The lowest BCUT2D eigenvalue weighted by molar-refractivity contribution is -0.119. The molecule has 1 aromatic carbocycles. The summed E-state index contributed by atoms with van der Waals surface area (Å²) in [7, 11) is 0. The number of hydrogen-bond acceptors (Lipinski definition) is 7. The third kappa shape index (κ3) is 5.36. The van der Waals surface area contributed by atoms with Crippen LogP contribution < -0.4 is 10.9 Å². The number of nitrogens with zero attached hydrogens (tertiary/aromatic N) is 4. The number of carbonyl (C=O) groups is 2. The van der Waals surface area contributed by atoms with E-state index in [0.717, 1.165) is 11.1 Å². The third-order valence-electron chi connectivity index (χ3n) is 4.23. The van der Waals surface area contributed by atoms with E-state index in [2.05, 4.69) is 26.0 Å². The van der Waals surface area contributed by atoms with Crippen molar-refractivity contribution in [1.29, 1.82) is 0 Å². The second-order valence-electron chi connectivity index (χ2n) is 6.38. The first-order chi connectivity index (χ1) is 15.2. The maximum Gasteiger partial charge on any atom is 0.279 e. The van der Waals surface area contributed by atoms with Gasteiger partial charge < -0.3 is 0 Å². The molecule has 0 saturated heterocycles. The minimum atomic E-state index is -0.347. The molecular weight excluding hydrogens is 432 g/mol. The lowest BCUT2D eigenvalue weighted by Crippen LogP contribution is -2.42. The zero-order chi connectivity index (χ0) is 21.5. The summed E-state index contributed by atoms with van der Waals surface area (Å²) in [6.07, 6.45) is 3.40. The summed E-state index contributed by atoms with van der Waals surface area (Å²) in [5.41, 5.74) is 6.82. The van der Waals surface area contributed by atoms with Gasteiger partial charge in [-0.1, -0.05) is 48.2 Å². The number of amides is 2. The van der Waals surface area contributed by atoms with Crippen LogP contribution >= 0.6 is 23.1 Å². The van der Waals surface area contributed by atoms with Crippen molar-refractivity contribution in [3.05, 3.63) is 82.8 Å². The van der Waals surface area contributed by atoms with Crippen molar-refractivity contribution in [1.82, 2.24) is 30.6 Å². The third-order valence-corrected chi connectivity index (χ3v) is 6.07. The number of thiophene rings is 1. The van der Waals surface area contributed by atoms with Crippen LogP contribution in [-0.2, 0) is 11.3 Å². The van der Waals surface area contributed by atoms with Gasteiger partial charge in [0.1, 0.15) is 0 Å². The molecule has 2 amide bonds. The Balaban J connectivity index is 1.45. The monoisotopic (exact) mass is 450 g/mol. The molecule has 4 rings (SSSR count). The van der Waals surface area contributed by atoms with E-state index in [1.807, 2.05) is 47.0 Å². The standard InChI is InChI=1S/C21H18N6O2S2/c28-18(23-25-20(29)17-7-4-12-30-17)14-31-21-26-24-19(16-8-10-22-11-9-16)27(21)13-15-5-2-1-3-6-15/h1-12H,13-14H2,(H,23,28)(H,25,29). The minimum absolute atomic E-state index is 0.0774. The van der Waals surface area contributed by atoms with E-state index in [-0.39, 0.29) is 17.6 Å². The molecule has 0 fully saturated rings. The lowest BCUT2D eigenvalue weighted by Gasteiger charge is -2.11. The zero-order valence-electron chi connectivity index (χ0n) is 16.3. The first-order valence-corrected chi connectivity index (χ1v) is 11.2.